The van der Waals surface area contributed by atoms with Gasteiger partial charge in [0.1, 0.15) is 5.41 Å². The molecule has 4 heteroatoms. The van der Waals surface area contributed by atoms with Gasteiger partial charge in [-0.1, -0.05) is 202 Å². The van der Waals surface area contributed by atoms with Crippen LogP contribution >= 0.6 is 0 Å². The predicted octanol–water partition coefficient (Wildman–Crippen LogP) is 14.1. The molecule has 0 radical (unpaired) electrons. The molecule has 1 nitrogen and oxygen atoms in total. The summed E-state index contributed by atoms with van der Waals surface area (Å²) in [6, 6.07) is 57.0. The van der Waals surface area contributed by atoms with Crippen LogP contribution in [0.1, 0.15) is 61.4 Å². The number of hydrogen-bond acceptors (Lipinski definition) is 1. The fraction of sp³-hybridized carbons (Fsp3) is 0.222. The van der Waals surface area contributed by atoms with E-state index in [4.69, 9.17) is 0 Å². The van der Waals surface area contributed by atoms with Crippen LogP contribution in [0.25, 0.3) is 44.5 Å². The minimum atomic E-state index is -4.63. The van der Waals surface area contributed by atoms with Crippen molar-refractivity contribution in [1.82, 2.24) is 5.32 Å². The van der Waals surface area contributed by atoms with Crippen molar-refractivity contribution in [2.75, 3.05) is 13.1 Å². The van der Waals surface area contributed by atoms with Crippen LogP contribution in [0.5, 0.6) is 0 Å². The van der Waals surface area contributed by atoms with E-state index in [-0.39, 0.29) is 16.5 Å². The van der Waals surface area contributed by atoms with Crippen LogP contribution in [-0.2, 0) is 16.2 Å². The summed E-state index contributed by atoms with van der Waals surface area (Å²) in [5.74, 6) is 0. The molecule has 1 aliphatic rings. The topological polar surface area (TPSA) is 12.0 Å². The van der Waals surface area contributed by atoms with Gasteiger partial charge in [-0.05, 0) is 105 Å². The van der Waals surface area contributed by atoms with Gasteiger partial charge in [-0.15, -0.1) is 0 Å². The second-order valence-electron chi connectivity index (χ2n) is 16.8. The van der Waals surface area contributed by atoms with E-state index in [1.165, 1.54) is 16.7 Å². The molecule has 0 saturated carbocycles. The molecule has 1 saturated heterocycles. The largest absolute Gasteiger partial charge is 0.403 e. The third-order valence-corrected chi connectivity index (χ3v) is 12.9. The lowest BCUT2D eigenvalue weighted by Crippen LogP contribution is -2.56. The Kier molecular flexibility index (Phi) is 10.5. The summed E-state index contributed by atoms with van der Waals surface area (Å²) in [7, 11) is 0. The highest BCUT2D eigenvalue weighted by Gasteiger charge is 2.65. The van der Waals surface area contributed by atoms with Crippen LogP contribution in [0.4, 0.5) is 13.2 Å². The fourth-order valence-electron chi connectivity index (χ4n) is 9.26. The van der Waals surface area contributed by atoms with E-state index in [1.54, 1.807) is 56.3 Å². The molecule has 1 heterocycles. The number of piperidine rings is 1. The SMILES string of the molecule is Cc1ccc(-c2ccc(-c3ccc(C(c4ccccc4)(C(F)(F)F)C(C)(C)c4ccc(-c5ccc(-c6ccc(C7(C)CCNCC7)cc6)cc5)cc4)cc3)cc2)cc1. The predicted molar refractivity (Wildman–Crippen MR) is 235 cm³/mol. The number of nitrogens with one attached hydrogen (secondary N) is 1. The summed E-state index contributed by atoms with van der Waals surface area (Å²) >= 11 is 0. The Morgan fingerprint density at radius 1 is 0.431 bits per heavy atom. The fourth-order valence-corrected chi connectivity index (χ4v) is 9.26. The number of aryl methyl sites for hydroxylation is 1. The number of halogens is 3. The minimum absolute atomic E-state index is 0.203. The quantitative estimate of drug-likeness (QED) is 0.154. The van der Waals surface area contributed by atoms with E-state index in [1.807, 2.05) is 48.5 Å². The van der Waals surface area contributed by atoms with E-state index in [0.717, 1.165) is 64.9 Å². The monoisotopic (exact) mass is 769 g/mol. The lowest BCUT2D eigenvalue weighted by atomic mass is 9.55. The highest BCUT2D eigenvalue weighted by atomic mass is 19.4. The summed E-state index contributed by atoms with van der Waals surface area (Å²) in [5.41, 5.74) is 8.34. The van der Waals surface area contributed by atoms with E-state index >= 15 is 13.2 Å². The van der Waals surface area contributed by atoms with Gasteiger partial charge >= 0.3 is 6.18 Å². The van der Waals surface area contributed by atoms with Crippen molar-refractivity contribution >= 4 is 0 Å². The molecule has 1 atom stereocenters. The van der Waals surface area contributed by atoms with Crippen LogP contribution in [0, 0.1) is 6.92 Å². The molecule has 1 fully saturated rings. The van der Waals surface area contributed by atoms with Gasteiger partial charge in [-0.3, -0.25) is 0 Å². The minimum Gasteiger partial charge on any atom is -0.317 e. The van der Waals surface area contributed by atoms with Gasteiger partial charge in [0.25, 0.3) is 0 Å². The average molecular weight is 770 g/mol. The Bertz CT molecular complexity index is 2440. The van der Waals surface area contributed by atoms with Crippen molar-refractivity contribution < 1.29 is 13.2 Å². The van der Waals surface area contributed by atoms with Crippen molar-refractivity contribution in [2.24, 2.45) is 0 Å². The van der Waals surface area contributed by atoms with E-state index in [0.29, 0.717) is 5.56 Å². The third-order valence-electron chi connectivity index (χ3n) is 12.9. The molecule has 1 unspecified atom stereocenters. The van der Waals surface area contributed by atoms with Gasteiger partial charge in [-0.2, -0.15) is 13.2 Å². The summed E-state index contributed by atoms with van der Waals surface area (Å²) in [5, 5.41) is 3.47. The number of rotatable bonds is 9. The Labute approximate surface area is 341 Å². The van der Waals surface area contributed by atoms with Crippen LogP contribution < -0.4 is 5.32 Å². The van der Waals surface area contributed by atoms with Crippen LogP contribution in [0.3, 0.4) is 0 Å². The Morgan fingerprint density at radius 2 is 0.759 bits per heavy atom. The first-order valence-electron chi connectivity index (χ1n) is 20.3. The van der Waals surface area contributed by atoms with Gasteiger partial charge < -0.3 is 5.32 Å². The highest BCUT2D eigenvalue weighted by Crippen LogP contribution is 2.58. The normalized spacial score (nSPS) is 15.4. The maximum Gasteiger partial charge on any atom is 0.403 e. The second-order valence-corrected chi connectivity index (χ2v) is 16.8. The van der Waals surface area contributed by atoms with E-state index in [9.17, 15) is 0 Å². The zero-order valence-electron chi connectivity index (χ0n) is 33.7. The summed E-state index contributed by atoms with van der Waals surface area (Å²) in [6.07, 6.45) is -2.36. The standard InChI is InChI=1S/C54H50F3N/c1-38-10-12-39(13-11-38)40-14-16-43(17-15-40)46-26-32-50(33-27-46)53(54(55,56)57,49-8-6-5-7-9-49)51(2,3)47-28-22-44(23-29-47)41-18-20-42(21-19-41)45-24-30-48(31-25-45)52(4)34-36-58-37-35-52/h5-33,58H,34-37H2,1-4H3. The smallest absolute Gasteiger partial charge is 0.317 e. The van der Waals surface area contributed by atoms with Crippen molar-refractivity contribution in [3.05, 3.63) is 204 Å². The van der Waals surface area contributed by atoms with Crippen LogP contribution in [-0.4, -0.2) is 19.3 Å². The highest BCUT2D eigenvalue weighted by molar-refractivity contribution is 5.73. The molecule has 0 spiro atoms. The number of benzene rings is 7. The molecule has 7 aromatic carbocycles. The molecule has 1 aliphatic heterocycles. The van der Waals surface area contributed by atoms with Crippen molar-refractivity contribution in [3.63, 3.8) is 0 Å². The first kappa shape index (κ1) is 39.1. The molecule has 0 amide bonds. The average Bonchev–Trinajstić information content (AvgIpc) is 3.25. The van der Waals surface area contributed by atoms with Crippen molar-refractivity contribution in [3.8, 4) is 44.5 Å². The molecule has 7 aromatic rings. The molecule has 0 aromatic heterocycles. The van der Waals surface area contributed by atoms with Gasteiger partial charge in [0, 0.05) is 5.41 Å². The molecule has 0 bridgehead atoms. The second kappa shape index (κ2) is 15.6. The lowest BCUT2D eigenvalue weighted by molar-refractivity contribution is -0.195. The first-order valence-corrected chi connectivity index (χ1v) is 20.3. The van der Waals surface area contributed by atoms with Gasteiger partial charge in [0.2, 0.25) is 0 Å². The van der Waals surface area contributed by atoms with Crippen molar-refractivity contribution in [1.29, 1.82) is 0 Å². The molecule has 8 rings (SSSR count). The molecular formula is C54H50F3N. The molecule has 292 valence electrons. The van der Waals surface area contributed by atoms with Crippen LogP contribution in [0.15, 0.2) is 176 Å². The number of alkyl halides is 3. The van der Waals surface area contributed by atoms with E-state index in [2.05, 4.69) is 104 Å². The summed E-state index contributed by atoms with van der Waals surface area (Å²) in [6.45, 7) is 9.98. The zero-order valence-corrected chi connectivity index (χ0v) is 33.7. The first-order chi connectivity index (χ1) is 27.9. The Hall–Kier alpha value is -5.71. The molecule has 58 heavy (non-hydrogen) atoms. The maximum atomic E-state index is 16.2. The van der Waals surface area contributed by atoms with Gasteiger partial charge in [-0.25, -0.2) is 0 Å². The maximum absolute atomic E-state index is 16.2. The zero-order chi connectivity index (χ0) is 40.5. The molecule has 1 N–H and O–H groups in total. The number of hydrogen-bond donors (Lipinski definition) is 1. The van der Waals surface area contributed by atoms with E-state index < -0.39 is 17.0 Å². The summed E-state index contributed by atoms with van der Waals surface area (Å²) in [4.78, 5) is 0. The van der Waals surface area contributed by atoms with Crippen molar-refractivity contribution in [2.45, 2.75) is 63.0 Å². The Balaban J connectivity index is 1.09. The van der Waals surface area contributed by atoms with Gasteiger partial charge in [0.05, 0.1) is 0 Å². The lowest BCUT2D eigenvalue weighted by Gasteiger charge is -2.49. The molecule has 0 aliphatic carbocycles. The third kappa shape index (κ3) is 7.20. The van der Waals surface area contributed by atoms with Gasteiger partial charge in [0.15, 0.2) is 0 Å². The summed E-state index contributed by atoms with van der Waals surface area (Å²) < 4.78 is 48.7. The van der Waals surface area contributed by atoms with Crippen LogP contribution in [0.2, 0.25) is 0 Å². The Morgan fingerprint density at radius 3 is 1.16 bits per heavy atom. The molecular weight excluding hydrogens is 720 g/mol.